The molecule has 0 fully saturated rings. The number of rotatable bonds is 3. The summed E-state index contributed by atoms with van der Waals surface area (Å²) in [5.41, 5.74) is 0. The van der Waals surface area contributed by atoms with Crippen LogP contribution in [0.3, 0.4) is 0 Å². The first-order chi connectivity index (χ1) is 7.16. The van der Waals surface area contributed by atoms with Gasteiger partial charge in [0.15, 0.2) is 0 Å². The second kappa shape index (κ2) is 58.4. The van der Waals surface area contributed by atoms with Crippen LogP contribution in [0.2, 0.25) is 0 Å². The van der Waals surface area contributed by atoms with E-state index in [4.69, 9.17) is 4.79 Å². The normalized spacial score (nSPS) is 6.44. The Bertz CT molecular complexity index is 50.2. The van der Waals surface area contributed by atoms with Gasteiger partial charge in [-0.05, 0) is 0 Å². The van der Waals surface area contributed by atoms with Crippen molar-refractivity contribution in [2.75, 3.05) is 0 Å². The Hall–Kier alpha value is 0.384. The van der Waals surface area contributed by atoms with Crippen LogP contribution in [0.1, 0.15) is 66.2 Å². The van der Waals surface area contributed by atoms with E-state index in [2.05, 4.69) is 41.5 Å². The maximum absolute atomic E-state index is 8.68. The predicted molar refractivity (Wildman–Crippen MR) is 72.2 cm³/mol. The second-order valence-corrected chi connectivity index (χ2v) is 2.76. The molecule has 0 saturated carbocycles. The third-order valence-corrected chi connectivity index (χ3v) is 1.06. The summed E-state index contributed by atoms with van der Waals surface area (Å²) in [5.74, 6) is 0. The maximum Gasteiger partial charge on any atom is 4.00 e. The summed E-state index contributed by atoms with van der Waals surface area (Å²) in [7, 11) is 0. The van der Waals surface area contributed by atoms with Crippen molar-refractivity contribution in [2.45, 2.75) is 66.2 Å². The smallest absolute Gasteiger partial charge is 0.542 e. The van der Waals surface area contributed by atoms with Gasteiger partial charge in [0.1, 0.15) is 0 Å². The summed E-state index contributed by atoms with van der Waals surface area (Å²) in [6.45, 7) is 18.5. The Labute approximate surface area is 120 Å². The molecule has 0 aliphatic rings. The fourth-order valence-corrected chi connectivity index (χ4v) is 0. The molecular weight excluding hydrogens is 232 g/mol. The van der Waals surface area contributed by atoms with Gasteiger partial charge in [0.2, 0.25) is 0 Å². The summed E-state index contributed by atoms with van der Waals surface area (Å²) in [6.07, 6.45) is 8.33. The van der Waals surface area contributed by atoms with Gasteiger partial charge in [0.25, 0.3) is 0 Å². The minimum absolute atomic E-state index is 0. The average molecular weight is 262 g/mol. The summed E-state index contributed by atoms with van der Waals surface area (Å²) < 4.78 is 0. The number of unbranched alkanes of at least 4 members (excludes halogenated alkanes) is 3. The third kappa shape index (κ3) is 225. The fourth-order valence-electron chi connectivity index (χ4n) is 0. The van der Waals surface area contributed by atoms with E-state index < -0.39 is 0 Å². The van der Waals surface area contributed by atoms with E-state index in [1.165, 1.54) is 32.5 Å². The molecule has 2 heteroatoms. The molecule has 0 bridgehead atoms. The van der Waals surface area contributed by atoms with Crippen LogP contribution in [0.15, 0.2) is 0 Å². The van der Waals surface area contributed by atoms with E-state index in [0.717, 1.165) is 19.3 Å². The quantitative estimate of drug-likeness (QED) is 0.518. The van der Waals surface area contributed by atoms with Crippen molar-refractivity contribution in [1.82, 2.24) is 0 Å². The summed E-state index contributed by atoms with van der Waals surface area (Å²) >= 11 is 0. The van der Waals surface area contributed by atoms with Crippen LogP contribution in [0.5, 0.6) is 0 Å². The van der Waals surface area contributed by atoms with Crippen LogP contribution in [0, 0.1) is 20.8 Å². The van der Waals surface area contributed by atoms with Gasteiger partial charge in [0.05, 0.1) is 0 Å². The molecule has 0 heterocycles. The molecule has 0 atom stereocenters. The van der Waals surface area contributed by atoms with Crippen molar-refractivity contribution in [3.8, 4) is 0 Å². The molecule has 0 radical (unpaired) electrons. The molecule has 0 aromatic heterocycles. The van der Waals surface area contributed by atoms with Gasteiger partial charge in [-0.1, -0.05) is 40.0 Å². The molecule has 0 aromatic carbocycles. The zero-order chi connectivity index (χ0) is 12.9. The van der Waals surface area contributed by atoms with Crippen LogP contribution in [0.25, 0.3) is 0 Å². The van der Waals surface area contributed by atoms with E-state index in [9.17, 15) is 0 Å². The largest absolute Gasteiger partial charge is 4.00 e. The number of hydrogen-bond donors (Lipinski definition) is 0. The van der Waals surface area contributed by atoms with E-state index in [-0.39, 0.29) is 21.7 Å². The monoisotopic (exact) mass is 262 g/mol. The van der Waals surface area contributed by atoms with Crippen LogP contribution >= 0.6 is 0 Å². The summed E-state index contributed by atoms with van der Waals surface area (Å²) in [4.78, 5) is 8.68. The first-order valence-electron chi connectivity index (χ1n) is 5.83. The molecule has 0 aliphatic heterocycles. The SMILES string of the molecule is C[C-]=O.[CH2-]CCC.[CH2-]CCC.[CH2-]CCC.[Ti+4]. The average Bonchev–Trinajstić information content (AvgIpc) is 2.30. The Morgan fingerprint density at radius 1 is 0.812 bits per heavy atom. The second-order valence-electron chi connectivity index (χ2n) is 2.76. The number of hydrogen-bond acceptors (Lipinski definition) is 1. The van der Waals surface area contributed by atoms with Crippen molar-refractivity contribution in [3.05, 3.63) is 20.8 Å². The maximum atomic E-state index is 8.68. The van der Waals surface area contributed by atoms with Gasteiger partial charge >= 0.3 is 21.7 Å². The minimum Gasteiger partial charge on any atom is -0.542 e. The van der Waals surface area contributed by atoms with Crippen LogP contribution < -0.4 is 0 Å². The van der Waals surface area contributed by atoms with Gasteiger partial charge in [0, 0.05) is 0 Å². The van der Waals surface area contributed by atoms with Crippen molar-refractivity contribution in [1.29, 1.82) is 0 Å². The first kappa shape index (κ1) is 29.9. The number of carbonyl (C=O) groups excluding carboxylic acids is 1. The molecule has 0 amide bonds. The summed E-state index contributed by atoms with van der Waals surface area (Å²) in [5, 5.41) is 0. The van der Waals surface area contributed by atoms with Gasteiger partial charge in [-0.3, -0.25) is 6.29 Å². The van der Waals surface area contributed by atoms with Crippen molar-refractivity contribution in [3.63, 3.8) is 0 Å². The fraction of sp³-hybridized carbons (Fsp3) is 0.714. The molecule has 16 heavy (non-hydrogen) atoms. The molecule has 0 spiro atoms. The molecule has 96 valence electrons. The van der Waals surface area contributed by atoms with Crippen LogP contribution in [0.4, 0.5) is 0 Å². The standard InChI is InChI=1S/3C4H9.C2H3O.Ti/c3*1-3-4-2;1-2-3;/h3*1,3-4H2,2H3;1H3;/q4*-1;+4. The summed E-state index contributed by atoms with van der Waals surface area (Å²) in [6, 6.07) is 0. The minimum atomic E-state index is 0. The van der Waals surface area contributed by atoms with E-state index >= 15 is 0 Å². The van der Waals surface area contributed by atoms with E-state index in [1.54, 1.807) is 0 Å². The van der Waals surface area contributed by atoms with Gasteiger partial charge < -0.3 is 25.6 Å². The molecule has 0 saturated heterocycles. The van der Waals surface area contributed by atoms with Crippen molar-refractivity contribution in [2.24, 2.45) is 0 Å². The van der Waals surface area contributed by atoms with E-state index in [1.807, 2.05) is 0 Å². The van der Waals surface area contributed by atoms with Gasteiger partial charge in [-0.15, -0.1) is 0 Å². The Morgan fingerprint density at radius 2 is 0.875 bits per heavy atom. The molecule has 0 aromatic rings. The van der Waals surface area contributed by atoms with Crippen molar-refractivity contribution < 1.29 is 26.5 Å². The van der Waals surface area contributed by atoms with Crippen molar-refractivity contribution >= 4 is 6.29 Å². The molecule has 0 N–H and O–H groups in total. The predicted octanol–water partition coefficient (Wildman–Crippen LogP) is 4.98. The van der Waals surface area contributed by atoms with Gasteiger partial charge in [-0.2, -0.15) is 26.2 Å². The third-order valence-electron chi connectivity index (χ3n) is 1.06. The molecule has 0 rings (SSSR count). The Balaban J connectivity index is -0.0000000331. The van der Waals surface area contributed by atoms with E-state index in [0.29, 0.717) is 0 Å². The zero-order valence-electron chi connectivity index (χ0n) is 11.8. The van der Waals surface area contributed by atoms with Gasteiger partial charge in [-0.25, -0.2) is 0 Å². The molecule has 1 nitrogen and oxygen atoms in total. The van der Waals surface area contributed by atoms with Crippen LogP contribution in [-0.2, 0) is 26.5 Å². The molecule has 0 unspecified atom stereocenters. The van der Waals surface area contributed by atoms with Crippen LogP contribution in [-0.4, -0.2) is 6.29 Å². The topological polar surface area (TPSA) is 17.1 Å². The zero-order valence-corrected chi connectivity index (χ0v) is 13.3. The molecular formula is C14H30OTi. The Morgan fingerprint density at radius 3 is 0.875 bits per heavy atom. The molecule has 0 aliphatic carbocycles. The first-order valence-corrected chi connectivity index (χ1v) is 5.83. The Kier molecular flexibility index (Phi) is 109.